The van der Waals surface area contributed by atoms with E-state index in [1.165, 1.54) is 16.7 Å². The van der Waals surface area contributed by atoms with Crippen LogP contribution in [0.4, 0.5) is 5.69 Å². The molecule has 0 N–H and O–H groups in total. The quantitative estimate of drug-likeness (QED) is 0.810. The first-order valence-corrected chi connectivity index (χ1v) is 10.1. The Hall–Kier alpha value is -1.88. The van der Waals surface area contributed by atoms with Gasteiger partial charge in [0.1, 0.15) is 0 Å². The lowest BCUT2D eigenvalue weighted by Crippen LogP contribution is -2.49. The molecule has 2 aliphatic heterocycles. The molecule has 0 unspecified atom stereocenters. The number of piperazine rings is 1. The van der Waals surface area contributed by atoms with Crippen LogP contribution >= 0.6 is 11.6 Å². The van der Waals surface area contributed by atoms with E-state index in [0.29, 0.717) is 6.54 Å². The van der Waals surface area contributed by atoms with Crippen molar-refractivity contribution in [1.82, 2.24) is 9.80 Å². The molecule has 2 aliphatic rings. The van der Waals surface area contributed by atoms with Crippen molar-refractivity contribution in [3.05, 3.63) is 64.2 Å². The molecule has 2 aromatic rings. The Bertz CT molecular complexity index is 813. The number of carbonyl (C=O) groups excluding carboxylic acids is 1. The second-order valence-electron chi connectivity index (χ2n) is 7.61. The van der Waals surface area contributed by atoms with Crippen LogP contribution in [0.15, 0.2) is 42.5 Å². The third-order valence-corrected chi connectivity index (χ3v) is 5.83. The van der Waals surface area contributed by atoms with Crippen molar-refractivity contribution in [3.8, 4) is 0 Å². The SMILES string of the molecule is Cc1ccc2c(c1)N(C(=O)CN1CCN(Cc3ccc(Cl)cc3)CC1)CC2. The number of aryl methyl sites for hydroxylation is 1. The van der Waals surface area contributed by atoms with E-state index >= 15 is 0 Å². The zero-order valence-electron chi connectivity index (χ0n) is 15.8. The molecule has 2 heterocycles. The zero-order valence-corrected chi connectivity index (χ0v) is 16.6. The molecule has 0 radical (unpaired) electrons. The molecule has 0 spiro atoms. The van der Waals surface area contributed by atoms with Gasteiger partial charge in [-0.1, -0.05) is 35.9 Å². The van der Waals surface area contributed by atoms with Gasteiger partial charge in [-0.3, -0.25) is 14.6 Å². The van der Waals surface area contributed by atoms with Gasteiger partial charge in [-0.25, -0.2) is 0 Å². The van der Waals surface area contributed by atoms with Crippen molar-refractivity contribution in [3.63, 3.8) is 0 Å². The minimum absolute atomic E-state index is 0.227. The van der Waals surface area contributed by atoms with Gasteiger partial charge in [-0.05, 0) is 48.2 Å². The standard InChI is InChI=1S/C22H26ClN3O/c1-17-2-5-19-8-9-26(21(19)14-17)22(27)16-25-12-10-24(11-13-25)15-18-3-6-20(23)7-4-18/h2-7,14H,8-13,15-16H2,1H3. The molecule has 4 rings (SSSR count). The van der Waals surface area contributed by atoms with Crippen molar-refractivity contribution >= 4 is 23.2 Å². The fraction of sp³-hybridized carbons (Fsp3) is 0.409. The molecule has 5 heteroatoms. The number of nitrogens with zero attached hydrogens (tertiary/aromatic N) is 3. The Labute approximate surface area is 166 Å². The highest BCUT2D eigenvalue weighted by atomic mass is 35.5. The number of anilines is 1. The highest BCUT2D eigenvalue weighted by molar-refractivity contribution is 6.30. The van der Waals surface area contributed by atoms with Crippen LogP contribution in [-0.2, 0) is 17.8 Å². The van der Waals surface area contributed by atoms with E-state index in [2.05, 4.69) is 47.1 Å². The summed E-state index contributed by atoms with van der Waals surface area (Å²) in [5.74, 6) is 0.227. The minimum atomic E-state index is 0.227. The van der Waals surface area contributed by atoms with Gasteiger partial charge in [0.15, 0.2) is 0 Å². The lowest BCUT2D eigenvalue weighted by molar-refractivity contribution is -0.120. The van der Waals surface area contributed by atoms with Crippen LogP contribution in [0, 0.1) is 6.92 Å². The Morgan fingerprint density at radius 2 is 1.67 bits per heavy atom. The number of hydrogen-bond acceptors (Lipinski definition) is 3. The number of carbonyl (C=O) groups is 1. The normalized spacial score (nSPS) is 17.9. The average molecular weight is 384 g/mol. The van der Waals surface area contributed by atoms with Crippen LogP contribution in [0.2, 0.25) is 5.02 Å². The summed E-state index contributed by atoms with van der Waals surface area (Å²) in [5, 5.41) is 0.778. The molecule has 0 aliphatic carbocycles. The summed E-state index contributed by atoms with van der Waals surface area (Å²) in [5.41, 5.74) is 4.90. The van der Waals surface area contributed by atoms with Crippen LogP contribution in [0.5, 0.6) is 0 Å². The van der Waals surface area contributed by atoms with Crippen molar-refractivity contribution < 1.29 is 4.79 Å². The van der Waals surface area contributed by atoms with Gasteiger partial charge in [-0.2, -0.15) is 0 Å². The predicted octanol–water partition coefficient (Wildman–Crippen LogP) is 3.36. The lowest BCUT2D eigenvalue weighted by Gasteiger charge is -2.35. The van der Waals surface area contributed by atoms with E-state index in [9.17, 15) is 4.79 Å². The summed E-state index contributed by atoms with van der Waals surface area (Å²) in [7, 11) is 0. The van der Waals surface area contributed by atoms with E-state index in [1.54, 1.807) is 0 Å². The first-order chi connectivity index (χ1) is 13.1. The molecule has 27 heavy (non-hydrogen) atoms. The van der Waals surface area contributed by atoms with Gasteiger partial charge in [0.05, 0.1) is 6.54 Å². The first kappa shape index (κ1) is 18.5. The van der Waals surface area contributed by atoms with Gasteiger partial charge in [-0.15, -0.1) is 0 Å². The van der Waals surface area contributed by atoms with Crippen LogP contribution in [0.3, 0.4) is 0 Å². The summed E-state index contributed by atoms with van der Waals surface area (Å²) >= 11 is 5.96. The van der Waals surface area contributed by atoms with E-state index in [-0.39, 0.29) is 5.91 Å². The maximum absolute atomic E-state index is 12.9. The Kier molecular flexibility index (Phi) is 5.48. The summed E-state index contributed by atoms with van der Waals surface area (Å²) in [4.78, 5) is 19.6. The van der Waals surface area contributed by atoms with Gasteiger partial charge < -0.3 is 4.90 Å². The number of rotatable bonds is 4. The van der Waals surface area contributed by atoms with Crippen molar-refractivity contribution in [2.24, 2.45) is 0 Å². The molecule has 0 aromatic heterocycles. The van der Waals surface area contributed by atoms with Gasteiger partial charge in [0, 0.05) is 50.0 Å². The topological polar surface area (TPSA) is 26.8 Å². The number of amides is 1. The Morgan fingerprint density at radius 1 is 0.963 bits per heavy atom. The molecule has 1 amide bonds. The second-order valence-corrected chi connectivity index (χ2v) is 8.04. The van der Waals surface area contributed by atoms with Gasteiger partial charge in [0.25, 0.3) is 0 Å². The third-order valence-electron chi connectivity index (χ3n) is 5.58. The van der Waals surface area contributed by atoms with Gasteiger partial charge in [0.2, 0.25) is 5.91 Å². The molecule has 0 bridgehead atoms. The van der Waals surface area contributed by atoms with Crippen molar-refractivity contribution in [2.45, 2.75) is 19.9 Å². The van der Waals surface area contributed by atoms with Crippen LogP contribution in [-0.4, -0.2) is 55.0 Å². The van der Waals surface area contributed by atoms with Crippen LogP contribution in [0.1, 0.15) is 16.7 Å². The molecular weight excluding hydrogens is 358 g/mol. The molecule has 4 nitrogen and oxygen atoms in total. The summed E-state index contributed by atoms with van der Waals surface area (Å²) in [6.07, 6.45) is 0.968. The molecule has 1 saturated heterocycles. The molecule has 2 aromatic carbocycles. The number of benzene rings is 2. The summed E-state index contributed by atoms with van der Waals surface area (Å²) in [6.45, 7) is 8.22. The molecular formula is C22H26ClN3O. The number of fused-ring (bicyclic) bond motifs is 1. The van der Waals surface area contributed by atoms with Crippen LogP contribution < -0.4 is 4.90 Å². The Balaban J connectivity index is 1.29. The van der Waals surface area contributed by atoms with Gasteiger partial charge >= 0.3 is 0 Å². The fourth-order valence-electron chi connectivity index (χ4n) is 3.98. The maximum atomic E-state index is 12.9. The monoisotopic (exact) mass is 383 g/mol. The molecule has 1 fully saturated rings. The predicted molar refractivity (Wildman–Crippen MR) is 110 cm³/mol. The summed E-state index contributed by atoms with van der Waals surface area (Å²) < 4.78 is 0. The van der Waals surface area contributed by atoms with Crippen molar-refractivity contribution in [1.29, 1.82) is 0 Å². The molecule has 0 atom stereocenters. The van der Waals surface area contributed by atoms with E-state index in [4.69, 9.17) is 11.6 Å². The summed E-state index contributed by atoms with van der Waals surface area (Å²) in [6, 6.07) is 14.5. The minimum Gasteiger partial charge on any atom is -0.311 e. The van der Waals surface area contributed by atoms with E-state index in [1.807, 2.05) is 17.0 Å². The number of halogens is 1. The van der Waals surface area contributed by atoms with E-state index < -0.39 is 0 Å². The highest BCUT2D eigenvalue weighted by Gasteiger charge is 2.27. The largest absolute Gasteiger partial charge is 0.311 e. The highest BCUT2D eigenvalue weighted by Crippen LogP contribution is 2.29. The Morgan fingerprint density at radius 3 is 2.41 bits per heavy atom. The smallest absolute Gasteiger partial charge is 0.241 e. The number of hydrogen-bond donors (Lipinski definition) is 0. The lowest BCUT2D eigenvalue weighted by atomic mass is 10.1. The second kappa shape index (κ2) is 8.01. The molecule has 142 valence electrons. The average Bonchev–Trinajstić information content (AvgIpc) is 3.08. The van der Waals surface area contributed by atoms with E-state index in [0.717, 1.165) is 56.4 Å². The molecule has 0 saturated carbocycles. The third kappa shape index (κ3) is 4.34. The van der Waals surface area contributed by atoms with Crippen molar-refractivity contribution in [2.75, 3.05) is 44.2 Å². The fourth-order valence-corrected chi connectivity index (χ4v) is 4.10. The van der Waals surface area contributed by atoms with Crippen LogP contribution in [0.25, 0.3) is 0 Å². The first-order valence-electron chi connectivity index (χ1n) is 9.67. The zero-order chi connectivity index (χ0) is 18.8. The maximum Gasteiger partial charge on any atom is 0.241 e.